The molecule has 1 amide bonds. The van der Waals surface area contributed by atoms with E-state index in [1.54, 1.807) is 0 Å². The zero-order valence-corrected chi connectivity index (χ0v) is 9.94. The van der Waals surface area contributed by atoms with Crippen LogP contribution in [0.1, 0.15) is 31.7 Å². The van der Waals surface area contributed by atoms with Crippen molar-refractivity contribution in [3.8, 4) is 0 Å². The molecule has 1 aromatic carbocycles. The Balaban J connectivity index is 2.14. The molecule has 1 aliphatic heterocycles. The Morgan fingerprint density at radius 1 is 1.29 bits per heavy atom. The molecule has 0 saturated heterocycles. The highest BCUT2D eigenvalue weighted by molar-refractivity contribution is 6.18. The SMILES string of the molecule is CCCCC=C1N=C(c2ccccc2)NC1=O. The first-order chi connectivity index (χ1) is 8.31. The number of amides is 1. The summed E-state index contributed by atoms with van der Waals surface area (Å²) in [5.41, 5.74) is 1.48. The standard InChI is InChI=1S/C14H16N2O/c1-2-3-5-10-12-14(17)16-13(15-12)11-8-6-4-7-9-11/h4,6-10H,2-3,5H2,1H3,(H,15,16,17). The Morgan fingerprint density at radius 3 is 2.76 bits per heavy atom. The van der Waals surface area contributed by atoms with Crippen molar-refractivity contribution in [3.63, 3.8) is 0 Å². The van der Waals surface area contributed by atoms with Crippen LogP contribution in [0.5, 0.6) is 0 Å². The average Bonchev–Trinajstić information content (AvgIpc) is 2.73. The Kier molecular flexibility index (Phi) is 3.70. The third-order valence-corrected chi connectivity index (χ3v) is 2.64. The normalized spacial score (nSPS) is 17.1. The smallest absolute Gasteiger partial charge is 0.275 e. The average molecular weight is 228 g/mol. The fourth-order valence-electron chi connectivity index (χ4n) is 1.68. The molecule has 88 valence electrons. The summed E-state index contributed by atoms with van der Waals surface area (Å²) < 4.78 is 0. The van der Waals surface area contributed by atoms with Crippen molar-refractivity contribution in [2.75, 3.05) is 0 Å². The molecular weight excluding hydrogens is 212 g/mol. The highest BCUT2D eigenvalue weighted by Crippen LogP contribution is 2.12. The number of aliphatic imine (C=N–C) groups is 1. The van der Waals surface area contributed by atoms with E-state index in [1.807, 2.05) is 36.4 Å². The van der Waals surface area contributed by atoms with E-state index in [1.165, 1.54) is 0 Å². The predicted octanol–water partition coefficient (Wildman–Crippen LogP) is 2.64. The molecule has 0 unspecified atom stereocenters. The summed E-state index contributed by atoms with van der Waals surface area (Å²) in [6, 6.07) is 9.69. The minimum absolute atomic E-state index is 0.0973. The summed E-state index contributed by atoms with van der Waals surface area (Å²) in [4.78, 5) is 16.0. The van der Waals surface area contributed by atoms with E-state index in [0.29, 0.717) is 11.5 Å². The quantitative estimate of drug-likeness (QED) is 0.624. The molecule has 1 heterocycles. The van der Waals surface area contributed by atoms with Crippen LogP contribution in [0.3, 0.4) is 0 Å². The molecular formula is C14H16N2O. The van der Waals surface area contributed by atoms with E-state index in [2.05, 4.69) is 17.2 Å². The highest BCUT2D eigenvalue weighted by atomic mass is 16.2. The van der Waals surface area contributed by atoms with Crippen LogP contribution in [-0.2, 0) is 4.79 Å². The van der Waals surface area contributed by atoms with Gasteiger partial charge in [0.25, 0.3) is 5.91 Å². The van der Waals surface area contributed by atoms with Crippen molar-refractivity contribution in [2.24, 2.45) is 4.99 Å². The molecule has 17 heavy (non-hydrogen) atoms. The summed E-state index contributed by atoms with van der Waals surface area (Å²) in [5, 5.41) is 2.79. The monoisotopic (exact) mass is 228 g/mol. The molecule has 1 aromatic rings. The van der Waals surface area contributed by atoms with E-state index < -0.39 is 0 Å². The van der Waals surface area contributed by atoms with Crippen LogP contribution < -0.4 is 5.32 Å². The minimum Gasteiger partial charge on any atom is -0.305 e. The predicted molar refractivity (Wildman–Crippen MR) is 68.7 cm³/mol. The molecule has 0 saturated carbocycles. The first kappa shape index (κ1) is 11.6. The number of hydrogen-bond donors (Lipinski definition) is 1. The maximum absolute atomic E-state index is 11.7. The van der Waals surface area contributed by atoms with Gasteiger partial charge in [-0.25, -0.2) is 4.99 Å². The van der Waals surface area contributed by atoms with Crippen LogP contribution in [-0.4, -0.2) is 11.7 Å². The van der Waals surface area contributed by atoms with E-state index in [9.17, 15) is 4.79 Å². The summed E-state index contributed by atoms with van der Waals surface area (Å²) in [6.45, 7) is 2.13. The van der Waals surface area contributed by atoms with Crippen LogP contribution >= 0.6 is 0 Å². The zero-order valence-electron chi connectivity index (χ0n) is 9.94. The second-order valence-electron chi connectivity index (χ2n) is 4.01. The molecule has 0 bridgehead atoms. The Morgan fingerprint density at radius 2 is 2.06 bits per heavy atom. The lowest BCUT2D eigenvalue weighted by atomic mass is 10.2. The fourth-order valence-corrected chi connectivity index (χ4v) is 1.68. The van der Waals surface area contributed by atoms with Gasteiger partial charge in [0.2, 0.25) is 0 Å². The number of carbonyl (C=O) groups is 1. The van der Waals surface area contributed by atoms with Gasteiger partial charge in [-0.15, -0.1) is 0 Å². The summed E-state index contributed by atoms with van der Waals surface area (Å²) >= 11 is 0. The molecule has 0 aromatic heterocycles. The number of carbonyl (C=O) groups excluding carboxylic acids is 1. The minimum atomic E-state index is -0.0973. The van der Waals surface area contributed by atoms with E-state index in [0.717, 1.165) is 24.8 Å². The molecule has 3 nitrogen and oxygen atoms in total. The maximum Gasteiger partial charge on any atom is 0.275 e. The Labute approximate surface area is 101 Å². The zero-order chi connectivity index (χ0) is 12.1. The van der Waals surface area contributed by atoms with Gasteiger partial charge in [-0.1, -0.05) is 49.8 Å². The van der Waals surface area contributed by atoms with Crippen molar-refractivity contribution in [1.82, 2.24) is 5.32 Å². The van der Waals surface area contributed by atoms with Gasteiger partial charge in [0.15, 0.2) is 0 Å². The van der Waals surface area contributed by atoms with E-state index in [-0.39, 0.29) is 5.91 Å². The number of nitrogens with one attached hydrogen (secondary N) is 1. The molecule has 0 aliphatic carbocycles. The number of rotatable bonds is 4. The Hall–Kier alpha value is -1.90. The number of allylic oxidation sites excluding steroid dienone is 1. The Bertz CT molecular complexity index is 460. The van der Waals surface area contributed by atoms with Gasteiger partial charge in [-0.3, -0.25) is 4.79 Å². The van der Waals surface area contributed by atoms with Gasteiger partial charge < -0.3 is 5.32 Å². The van der Waals surface area contributed by atoms with Gasteiger partial charge >= 0.3 is 0 Å². The van der Waals surface area contributed by atoms with Crippen molar-refractivity contribution in [1.29, 1.82) is 0 Å². The largest absolute Gasteiger partial charge is 0.305 e. The lowest BCUT2D eigenvalue weighted by Gasteiger charge is -1.98. The van der Waals surface area contributed by atoms with E-state index >= 15 is 0 Å². The molecule has 0 spiro atoms. The first-order valence-electron chi connectivity index (χ1n) is 5.97. The summed E-state index contributed by atoms with van der Waals surface area (Å²) in [6.07, 6.45) is 5.03. The van der Waals surface area contributed by atoms with Crippen molar-refractivity contribution < 1.29 is 4.79 Å². The lowest BCUT2D eigenvalue weighted by Crippen LogP contribution is -2.24. The van der Waals surface area contributed by atoms with E-state index in [4.69, 9.17) is 0 Å². The van der Waals surface area contributed by atoms with Gasteiger partial charge in [0.05, 0.1) is 0 Å². The maximum atomic E-state index is 11.7. The number of amidine groups is 1. The molecule has 3 heteroatoms. The summed E-state index contributed by atoms with van der Waals surface area (Å²) in [5.74, 6) is 0.554. The molecule has 0 radical (unpaired) electrons. The van der Waals surface area contributed by atoms with Crippen molar-refractivity contribution in [2.45, 2.75) is 26.2 Å². The molecule has 2 rings (SSSR count). The van der Waals surface area contributed by atoms with Crippen LogP contribution in [0, 0.1) is 0 Å². The molecule has 1 N–H and O–H groups in total. The van der Waals surface area contributed by atoms with Crippen molar-refractivity contribution >= 4 is 11.7 Å². The van der Waals surface area contributed by atoms with Crippen LogP contribution in [0.15, 0.2) is 47.1 Å². The van der Waals surface area contributed by atoms with Crippen LogP contribution in [0.2, 0.25) is 0 Å². The second-order valence-corrected chi connectivity index (χ2v) is 4.01. The first-order valence-corrected chi connectivity index (χ1v) is 5.97. The molecule has 0 atom stereocenters. The third kappa shape index (κ3) is 2.81. The number of nitrogens with zero attached hydrogens (tertiary/aromatic N) is 1. The van der Waals surface area contributed by atoms with Gasteiger partial charge in [0.1, 0.15) is 11.5 Å². The van der Waals surface area contributed by atoms with Crippen LogP contribution in [0.25, 0.3) is 0 Å². The number of unbranched alkanes of at least 4 members (excludes halogenated alkanes) is 2. The van der Waals surface area contributed by atoms with Gasteiger partial charge in [0, 0.05) is 5.56 Å². The molecule has 1 aliphatic rings. The molecule has 0 fully saturated rings. The third-order valence-electron chi connectivity index (χ3n) is 2.64. The number of hydrogen-bond acceptors (Lipinski definition) is 2. The second kappa shape index (κ2) is 5.43. The van der Waals surface area contributed by atoms with Gasteiger partial charge in [-0.2, -0.15) is 0 Å². The van der Waals surface area contributed by atoms with Crippen molar-refractivity contribution in [3.05, 3.63) is 47.7 Å². The fraction of sp³-hybridized carbons (Fsp3) is 0.286. The van der Waals surface area contributed by atoms with Crippen LogP contribution in [0.4, 0.5) is 0 Å². The topological polar surface area (TPSA) is 41.5 Å². The number of benzene rings is 1. The lowest BCUT2D eigenvalue weighted by molar-refractivity contribution is -0.115. The highest BCUT2D eigenvalue weighted by Gasteiger charge is 2.20. The summed E-state index contributed by atoms with van der Waals surface area (Å²) in [7, 11) is 0. The van der Waals surface area contributed by atoms with Gasteiger partial charge in [-0.05, 0) is 12.8 Å².